The maximum atomic E-state index is 4.64. The van der Waals surface area contributed by atoms with E-state index in [-0.39, 0.29) is 0 Å². The third kappa shape index (κ3) is 7.12. The molecule has 0 radical (unpaired) electrons. The van der Waals surface area contributed by atoms with Crippen molar-refractivity contribution in [3.8, 4) is 0 Å². The molecule has 1 aromatic heterocycles. The summed E-state index contributed by atoms with van der Waals surface area (Å²) in [6, 6.07) is 2.22. The van der Waals surface area contributed by atoms with Crippen molar-refractivity contribution < 1.29 is 0 Å². The standard InChI is InChI=1S/C18H34N2/c1-4-6-8-10-12-14-17(13-11-9-7-5-2)18-15-16-20(3)19-18/h15-17H,4-14H2,1-3H3. The van der Waals surface area contributed by atoms with E-state index in [1.807, 2.05) is 11.7 Å². The summed E-state index contributed by atoms with van der Waals surface area (Å²) in [4.78, 5) is 0. The summed E-state index contributed by atoms with van der Waals surface area (Å²) in [7, 11) is 2.03. The van der Waals surface area contributed by atoms with E-state index in [9.17, 15) is 0 Å². The number of aromatic nitrogens is 2. The minimum absolute atomic E-state index is 0.690. The molecule has 0 saturated carbocycles. The van der Waals surface area contributed by atoms with Gasteiger partial charge in [0.1, 0.15) is 0 Å². The Hall–Kier alpha value is -0.790. The molecule has 20 heavy (non-hydrogen) atoms. The summed E-state index contributed by atoms with van der Waals surface area (Å²) in [5.74, 6) is 0.690. The van der Waals surface area contributed by atoms with E-state index in [2.05, 4.69) is 31.2 Å². The molecule has 0 aliphatic rings. The molecule has 0 aromatic carbocycles. The molecule has 2 nitrogen and oxygen atoms in total. The summed E-state index contributed by atoms with van der Waals surface area (Å²) >= 11 is 0. The first kappa shape index (κ1) is 17.3. The second-order valence-electron chi connectivity index (χ2n) is 6.16. The van der Waals surface area contributed by atoms with Crippen LogP contribution < -0.4 is 0 Å². The van der Waals surface area contributed by atoms with Gasteiger partial charge in [0.15, 0.2) is 0 Å². The van der Waals surface area contributed by atoms with E-state index in [4.69, 9.17) is 0 Å². The summed E-state index contributed by atoms with van der Waals surface area (Å²) in [6.07, 6.45) is 17.1. The van der Waals surface area contributed by atoms with Gasteiger partial charge in [-0.25, -0.2) is 0 Å². The van der Waals surface area contributed by atoms with Gasteiger partial charge in [-0.2, -0.15) is 5.10 Å². The smallest absolute Gasteiger partial charge is 0.0655 e. The van der Waals surface area contributed by atoms with Crippen molar-refractivity contribution in [1.29, 1.82) is 0 Å². The maximum absolute atomic E-state index is 4.64. The second-order valence-corrected chi connectivity index (χ2v) is 6.16. The molecule has 1 heterocycles. The van der Waals surface area contributed by atoms with Gasteiger partial charge in [0.05, 0.1) is 5.69 Å². The number of unbranched alkanes of at least 4 members (excludes halogenated alkanes) is 7. The Kier molecular flexibility index (Phi) is 9.44. The van der Waals surface area contributed by atoms with Crippen LogP contribution in [0, 0.1) is 0 Å². The van der Waals surface area contributed by atoms with E-state index in [0.717, 1.165) is 0 Å². The fraction of sp³-hybridized carbons (Fsp3) is 0.833. The van der Waals surface area contributed by atoms with Gasteiger partial charge in [-0.3, -0.25) is 4.68 Å². The highest BCUT2D eigenvalue weighted by Gasteiger charge is 2.13. The molecular weight excluding hydrogens is 244 g/mol. The highest BCUT2D eigenvalue weighted by Crippen LogP contribution is 2.27. The largest absolute Gasteiger partial charge is 0.276 e. The SMILES string of the molecule is CCCCCCCC(CCCCCC)c1ccn(C)n1. The lowest BCUT2D eigenvalue weighted by atomic mass is 9.92. The fourth-order valence-electron chi connectivity index (χ4n) is 2.90. The van der Waals surface area contributed by atoms with E-state index >= 15 is 0 Å². The van der Waals surface area contributed by atoms with Crippen LogP contribution >= 0.6 is 0 Å². The van der Waals surface area contributed by atoms with Gasteiger partial charge in [0.25, 0.3) is 0 Å². The van der Waals surface area contributed by atoms with Crippen molar-refractivity contribution in [3.63, 3.8) is 0 Å². The van der Waals surface area contributed by atoms with Crippen LogP contribution in [-0.4, -0.2) is 9.78 Å². The first-order valence-corrected chi connectivity index (χ1v) is 8.77. The summed E-state index contributed by atoms with van der Waals surface area (Å²) < 4.78 is 1.95. The van der Waals surface area contributed by atoms with Gasteiger partial charge < -0.3 is 0 Å². The first-order valence-electron chi connectivity index (χ1n) is 8.77. The van der Waals surface area contributed by atoms with Crippen LogP contribution in [-0.2, 0) is 7.05 Å². The third-order valence-corrected chi connectivity index (χ3v) is 4.21. The van der Waals surface area contributed by atoms with Crippen molar-refractivity contribution in [2.75, 3.05) is 0 Å². The summed E-state index contributed by atoms with van der Waals surface area (Å²) in [5.41, 5.74) is 1.32. The molecule has 0 aliphatic carbocycles. The zero-order chi connectivity index (χ0) is 14.6. The fourth-order valence-corrected chi connectivity index (χ4v) is 2.90. The minimum Gasteiger partial charge on any atom is -0.276 e. The molecule has 116 valence electrons. The molecule has 0 saturated heterocycles. The van der Waals surface area contributed by atoms with Crippen LogP contribution in [0.25, 0.3) is 0 Å². The first-order chi connectivity index (χ1) is 9.77. The van der Waals surface area contributed by atoms with Gasteiger partial charge in [-0.05, 0) is 18.9 Å². The molecule has 0 N–H and O–H groups in total. The van der Waals surface area contributed by atoms with Gasteiger partial charge in [0.2, 0.25) is 0 Å². The Morgan fingerprint density at radius 1 is 0.900 bits per heavy atom. The number of nitrogens with zero attached hydrogens (tertiary/aromatic N) is 2. The third-order valence-electron chi connectivity index (χ3n) is 4.21. The zero-order valence-corrected chi connectivity index (χ0v) is 13.9. The molecule has 0 fully saturated rings. The van der Waals surface area contributed by atoms with Crippen LogP contribution in [0.3, 0.4) is 0 Å². The Morgan fingerprint density at radius 2 is 1.45 bits per heavy atom. The molecule has 1 atom stereocenters. The van der Waals surface area contributed by atoms with Gasteiger partial charge >= 0.3 is 0 Å². The predicted octanol–water partition coefficient (Wildman–Crippen LogP) is 5.83. The van der Waals surface area contributed by atoms with E-state index in [0.29, 0.717) is 5.92 Å². The monoisotopic (exact) mass is 278 g/mol. The second kappa shape index (κ2) is 10.9. The minimum atomic E-state index is 0.690. The molecule has 0 aliphatic heterocycles. The van der Waals surface area contributed by atoms with Crippen LogP contribution in [0.5, 0.6) is 0 Å². The van der Waals surface area contributed by atoms with Gasteiger partial charge in [-0.15, -0.1) is 0 Å². The Balaban J connectivity index is 2.34. The van der Waals surface area contributed by atoms with E-state index in [1.54, 1.807) is 0 Å². The number of rotatable bonds is 12. The lowest BCUT2D eigenvalue weighted by Crippen LogP contribution is -2.02. The number of hydrogen-bond acceptors (Lipinski definition) is 1. The lowest BCUT2D eigenvalue weighted by molar-refractivity contribution is 0.482. The summed E-state index contributed by atoms with van der Waals surface area (Å²) in [5, 5.41) is 4.64. The molecule has 0 amide bonds. The molecule has 0 spiro atoms. The molecule has 1 aromatic rings. The normalized spacial score (nSPS) is 12.8. The Bertz CT molecular complexity index is 330. The topological polar surface area (TPSA) is 17.8 Å². The van der Waals surface area contributed by atoms with Crippen LogP contribution in [0.2, 0.25) is 0 Å². The average Bonchev–Trinajstić information content (AvgIpc) is 2.87. The molecule has 2 heteroatoms. The highest BCUT2D eigenvalue weighted by atomic mass is 15.2. The number of aryl methyl sites for hydroxylation is 1. The van der Waals surface area contributed by atoms with Crippen molar-refractivity contribution in [1.82, 2.24) is 9.78 Å². The molecule has 1 rings (SSSR count). The van der Waals surface area contributed by atoms with Crippen molar-refractivity contribution in [2.24, 2.45) is 7.05 Å². The Morgan fingerprint density at radius 3 is 1.95 bits per heavy atom. The van der Waals surface area contributed by atoms with Gasteiger partial charge in [0, 0.05) is 19.2 Å². The van der Waals surface area contributed by atoms with Gasteiger partial charge in [-0.1, -0.05) is 71.6 Å². The van der Waals surface area contributed by atoms with Crippen molar-refractivity contribution in [2.45, 2.75) is 90.4 Å². The lowest BCUT2D eigenvalue weighted by Gasteiger charge is -2.14. The molecular formula is C18H34N2. The summed E-state index contributed by atoms with van der Waals surface area (Å²) in [6.45, 7) is 4.56. The highest BCUT2D eigenvalue weighted by molar-refractivity contribution is 5.06. The van der Waals surface area contributed by atoms with Crippen molar-refractivity contribution in [3.05, 3.63) is 18.0 Å². The number of hydrogen-bond donors (Lipinski definition) is 0. The van der Waals surface area contributed by atoms with E-state index in [1.165, 1.54) is 76.3 Å². The average molecular weight is 278 g/mol. The quantitative estimate of drug-likeness (QED) is 0.439. The zero-order valence-electron chi connectivity index (χ0n) is 13.9. The Labute approximate surface area is 126 Å². The van der Waals surface area contributed by atoms with E-state index < -0.39 is 0 Å². The maximum Gasteiger partial charge on any atom is 0.0655 e. The molecule has 0 bridgehead atoms. The van der Waals surface area contributed by atoms with Crippen LogP contribution in [0.1, 0.15) is 96.1 Å². The molecule has 1 unspecified atom stereocenters. The predicted molar refractivity (Wildman–Crippen MR) is 88.1 cm³/mol. The van der Waals surface area contributed by atoms with Crippen LogP contribution in [0.4, 0.5) is 0 Å². The van der Waals surface area contributed by atoms with Crippen LogP contribution in [0.15, 0.2) is 12.3 Å². The van der Waals surface area contributed by atoms with Crippen molar-refractivity contribution >= 4 is 0 Å².